The average molecular weight is 444 g/mol. The number of carbonyl (C=O) groups is 1. The Morgan fingerprint density at radius 1 is 1.07 bits per heavy atom. The minimum atomic E-state index is -0.00250. The third kappa shape index (κ3) is 7.58. The molecule has 0 saturated carbocycles. The molecule has 0 aliphatic rings. The van der Waals surface area contributed by atoms with Crippen LogP contribution in [0.3, 0.4) is 0 Å². The SMILES string of the molecule is CN(C)CCCNc1cc(Br)cc(C(=O)C=Cc2ccccc2CN(C)C)c1. The molecular weight excluding hydrogens is 414 g/mol. The first kappa shape index (κ1) is 22.3. The van der Waals surface area contributed by atoms with Gasteiger partial charge in [-0.3, -0.25) is 4.79 Å². The van der Waals surface area contributed by atoms with Crippen molar-refractivity contribution in [2.75, 3.05) is 46.6 Å². The topological polar surface area (TPSA) is 35.6 Å². The highest BCUT2D eigenvalue weighted by Crippen LogP contribution is 2.21. The van der Waals surface area contributed by atoms with Gasteiger partial charge in [-0.25, -0.2) is 0 Å². The van der Waals surface area contributed by atoms with Crippen LogP contribution in [0.5, 0.6) is 0 Å². The molecule has 28 heavy (non-hydrogen) atoms. The summed E-state index contributed by atoms with van der Waals surface area (Å²) in [5, 5.41) is 3.40. The molecule has 0 heterocycles. The van der Waals surface area contributed by atoms with Crippen molar-refractivity contribution in [1.82, 2.24) is 9.80 Å². The molecule has 0 spiro atoms. The van der Waals surface area contributed by atoms with Gasteiger partial charge in [-0.1, -0.05) is 46.3 Å². The molecule has 2 aromatic rings. The first-order valence-electron chi connectivity index (χ1n) is 9.49. The predicted octanol–water partition coefficient (Wildman–Crippen LogP) is 4.77. The number of ketones is 1. The zero-order valence-electron chi connectivity index (χ0n) is 17.2. The first-order valence-corrected chi connectivity index (χ1v) is 10.3. The van der Waals surface area contributed by atoms with E-state index in [1.807, 2.05) is 56.6 Å². The zero-order chi connectivity index (χ0) is 20.5. The molecule has 0 bridgehead atoms. The lowest BCUT2D eigenvalue weighted by Crippen LogP contribution is -2.16. The summed E-state index contributed by atoms with van der Waals surface area (Å²) in [7, 11) is 8.22. The van der Waals surface area contributed by atoms with Crippen LogP contribution in [0.15, 0.2) is 53.0 Å². The number of carbonyl (C=O) groups excluding carboxylic acids is 1. The Morgan fingerprint density at radius 3 is 2.54 bits per heavy atom. The van der Waals surface area contributed by atoms with Crippen molar-refractivity contribution in [3.8, 4) is 0 Å². The summed E-state index contributed by atoms with van der Waals surface area (Å²) in [6.45, 7) is 2.74. The maximum atomic E-state index is 12.7. The van der Waals surface area contributed by atoms with Crippen molar-refractivity contribution in [2.24, 2.45) is 0 Å². The van der Waals surface area contributed by atoms with Gasteiger partial charge in [0.05, 0.1) is 0 Å². The smallest absolute Gasteiger partial charge is 0.185 e. The minimum absolute atomic E-state index is 0.00250. The molecule has 4 nitrogen and oxygen atoms in total. The van der Waals surface area contributed by atoms with Crippen LogP contribution in [0.2, 0.25) is 0 Å². The molecule has 0 unspecified atom stereocenters. The molecule has 0 aromatic heterocycles. The monoisotopic (exact) mass is 443 g/mol. The number of rotatable bonds is 10. The molecule has 0 amide bonds. The molecule has 0 atom stereocenters. The number of nitrogens with zero attached hydrogens (tertiary/aromatic N) is 2. The van der Waals surface area contributed by atoms with Gasteiger partial charge in [-0.2, -0.15) is 0 Å². The lowest BCUT2D eigenvalue weighted by atomic mass is 10.0. The summed E-state index contributed by atoms with van der Waals surface area (Å²) >= 11 is 3.52. The van der Waals surface area contributed by atoms with Crippen LogP contribution in [0.25, 0.3) is 6.08 Å². The third-order valence-corrected chi connectivity index (χ3v) is 4.71. The Hall–Kier alpha value is -1.95. The molecule has 0 aliphatic heterocycles. The summed E-state index contributed by atoms with van der Waals surface area (Å²) in [5.74, 6) is -0.00250. The van der Waals surface area contributed by atoms with Gasteiger partial charge in [0.2, 0.25) is 0 Å². The van der Waals surface area contributed by atoms with Crippen LogP contribution in [0.1, 0.15) is 27.9 Å². The van der Waals surface area contributed by atoms with Gasteiger partial charge in [-0.05, 0) is 76.6 Å². The summed E-state index contributed by atoms with van der Waals surface area (Å²) in [5.41, 5.74) is 3.90. The normalized spacial score (nSPS) is 11.5. The number of hydrogen-bond acceptors (Lipinski definition) is 4. The van der Waals surface area contributed by atoms with E-state index in [4.69, 9.17) is 0 Å². The van der Waals surface area contributed by atoms with Gasteiger partial charge in [0.15, 0.2) is 5.78 Å². The van der Waals surface area contributed by atoms with Crippen molar-refractivity contribution in [1.29, 1.82) is 0 Å². The lowest BCUT2D eigenvalue weighted by molar-refractivity contribution is 0.104. The predicted molar refractivity (Wildman–Crippen MR) is 123 cm³/mol. The highest BCUT2D eigenvalue weighted by Gasteiger charge is 2.07. The van der Waals surface area contributed by atoms with E-state index < -0.39 is 0 Å². The van der Waals surface area contributed by atoms with Crippen LogP contribution in [0, 0.1) is 0 Å². The number of hydrogen-bond donors (Lipinski definition) is 1. The van der Waals surface area contributed by atoms with Gasteiger partial charge in [-0.15, -0.1) is 0 Å². The highest BCUT2D eigenvalue weighted by atomic mass is 79.9. The first-order chi connectivity index (χ1) is 13.3. The second-order valence-electron chi connectivity index (χ2n) is 7.45. The van der Waals surface area contributed by atoms with Crippen molar-refractivity contribution in [2.45, 2.75) is 13.0 Å². The fraction of sp³-hybridized carbons (Fsp3) is 0.348. The molecule has 1 N–H and O–H groups in total. The van der Waals surface area contributed by atoms with Crippen LogP contribution in [-0.2, 0) is 6.54 Å². The van der Waals surface area contributed by atoms with Crippen molar-refractivity contribution in [3.63, 3.8) is 0 Å². The number of anilines is 1. The van der Waals surface area contributed by atoms with E-state index in [1.165, 1.54) is 5.56 Å². The van der Waals surface area contributed by atoms with Crippen molar-refractivity contribution >= 4 is 33.5 Å². The summed E-state index contributed by atoms with van der Waals surface area (Å²) in [4.78, 5) is 17.0. The Balaban J connectivity index is 2.09. The highest BCUT2D eigenvalue weighted by molar-refractivity contribution is 9.10. The van der Waals surface area contributed by atoms with Gasteiger partial charge in [0.25, 0.3) is 0 Å². The lowest BCUT2D eigenvalue weighted by Gasteiger charge is -2.12. The van der Waals surface area contributed by atoms with E-state index >= 15 is 0 Å². The molecule has 0 saturated heterocycles. The van der Waals surface area contributed by atoms with Gasteiger partial charge in [0, 0.05) is 28.8 Å². The van der Waals surface area contributed by atoms with Gasteiger partial charge >= 0.3 is 0 Å². The maximum absolute atomic E-state index is 12.7. The van der Waals surface area contributed by atoms with E-state index in [0.717, 1.165) is 41.8 Å². The van der Waals surface area contributed by atoms with Crippen molar-refractivity contribution in [3.05, 3.63) is 69.7 Å². The molecule has 5 heteroatoms. The second kappa shape index (κ2) is 11.1. The van der Waals surface area contributed by atoms with Crippen LogP contribution >= 0.6 is 15.9 Å². The van der Waals surface area contributed by atoms with Crippen molar-refractivity contribution < 1.29 is 4.79 Å². The summed E-state index contributed by atoms with van der Waals surface area (Å²) in [6.07, 6.45) is 4.61. The average Bonchev–Trinajstić information content (AvgIpc) is 2.63. The summed E-state index contributed by atoms with van der Waals surface area (Å²) in [6, 6.07) is 13.9. The van der Waals surface area contributed by atoms with Crippen LogP contribution in [-0.4, -0.2) is 56.9 Å². The quantitative estimate of drug-likeness (QED) is 0.325. The van der Waals surface area contributed by atoms with E-state index in [2.05, 4.69) is 51.2 Å². The molecule has 0 aliphatic carbocycles. The van der Waals surface area contributed by atoms with Gasteiger partial charge < -0.3 is 15.1 Å². The Labute approximate surface area is 177 Å². The maximum Gasteiger partial charge on any atom is 0.185 e. The second-order valence-corrected chi connectivity index (χ2v) is 8.36. The standard InChI is InChI=1S/C23H30BrN3O/c1-26(2)13-7-12-25-22-15-20(14-21(24)16-22)23(28)11-10-18-8-5-6-9-19(18)17-27(3)4/h5-6,8-11,14-16,25H,7,12-13,17H2,1-4H3. The largest absolute Gasteiger partial charge is 0.385 e. The van der Waals surface area contributed by atoms with E-state index in [1.54, 1.807) is 6.08 Å². The molecule has 2 aromatic carbocycles. The zero-order valence-corrected chi connectivity index (χ0v) is 18.8. The Morgan fingerprint density at radius 2 is 1.82 bits per heavy atom. The molecule has 2 rings (SSSR count). The molecule has 150 valence electrons. The number of allylic oxidation sites excluding steroid dienone is 1. The van der Waals surface area contributed by atoms with E-state index in [9.17, 15) is 4.79 Å². The third-order valence-electron chi connectivity index (χ3n) is 4.25. The molecule has 0 radical (unpaired) electrons. The fourth-order valence-corrected chi connectivity index (χ4v) is 3.40. The van der Waals surface area contributed by atoms with Crippen LogP contribution in [0.4, 0.5) is 5.69 Å². The molecular formula is C23H30BrN3O. The summed E-state index contributed by atoms with van der Waals surface area (Å²) < 4.78 is 0.898. The van der Waals surface area contributed by atoms with E-state index in [-0.39, 0.29) is 5.78 Å². The van der Waals surface area contributed by atoms with Gasteiger partial charge in [0.1, 0.15) is 0 Å². The number of benzene rings is 2. The number of nitrogens with one attached hydrogen (secondary N) is 1. The molecule has 0 fully saturated rings. The minimum Gasteiger partial charge on any atom is -0.385 e. The Bertz CT molecular complexity index is 815. The number of halogens is 1. The van der Waals surface area contributed by atoms with E-state index in [0.29, 0.717) is 5.56 Å². The fourth-order valence-electron chi connectivity index (χ4n) is 2.91. The Kier molecular flexibility index (Phi) is 8.90. The van der Waals surface area contributed by atoms with Crippen LogP contribution < -0.4 is 5.32 Å².